The normalized spacial score (nSPS) is 15.2. The summed E-state index contributed by atoms with van der Waals surface area (Å²) in [7, 11) is 0. The molecule has 0 bridgehead atoms. The van der Waals surface area contributed by atoms with Crippen molar-refractivity contribution in [2.45, 2.75) is 115 Å². The highest BCUT2D eigenvalue weighted by atomic mass is 32.1. The van der Waals surface area contributed by atoms with Crippen molar-refractivity contribution in [1.29, 1.82) is 0 Å². The summed E-state index contributed by atoms with van der Waals surface area (Å²) in [6.45, 7) is 4.79. The summed E-state index contributed by atoms with van der Waals surface area (Å²) < 4.78 is 0. The van der Waals surface area contributed by atoms with Crippen molar-refractivity contribution in [3.8, 4) is 0 Å². The van der Waals surface area contributed by atoms with Crippen LogP contribution in [0, 0.1) is 5.92 Å². The zero-order valence-corrected chi connectivity index (χ0v) is 32.6. The van der Waals surface area contributed by atoms with E-state index in [2.05, 4.69) is 49.8 Å². The van der Waals surface area contributed by atoms with E-state index in [1.54, 1.807) is 0 Å². The second-order valence-corrected chi connectivity index (χ2v) is 13.5. The topological polar surface area (TPSA) is 394 Å². The van der Waals surface area contributed by atoms with E-state index < -0.39 is 133 Å². The lowest BCUT2D eigenvalue weighted by molar-refractivity contribution is -0.142. The molecule has 0 aliphatic rings. The summed E-state index contributed by atoms with van der Waals surface area (Å²) in [4.78, 5) is 125. The molecule has 0 aliphatic heterocycles. The van der Waals surface area contributed by atoms with Crippen LogP contribution in [-0.4, -0.2) is 142 Å². The first-order valence-corrected chi connectivity index (χ1v) is 18.3. The van der Waals surface area contributed by atoms with Gasteiger partial charge < -0.3 is 69.7 Å². The number of carbonyl (C=O) groups excluding carboxylic acids is 8. The standard InChI is InChI=1S/C32H56N10O13S/c1-14(2)24(30(52)39-19(8-9-21(35)44)28(50)37-15(3)32(54)55)42-29(51)20(11-23(46)47)40-31(53)25(16(4)43)41-22(45)12-36-27(49)18(7-5-6-10-33)38-26(48)17(34)13-56/h14-20,24-25,43,56H,5-13,33-34H2,1-4H3,(H2,35,44)(H,36,49)(H,37,50)(H,38,48)(H,39,52)(H,40,53)(H,41,45)(H,42,51)(H,46,47)(H,54,55)/t15-,16+,17-,18-,19-,20-,24-,25-/m0/s1. The third kappa shape index (κ3) is 19.5. The summed E-state index contributed by atoms with van der Waals surface area (Å²) in [5, 5.41) is 44.8. The van der Waals surface area contributed by atoms with Gasteiger partial charge in [-0.15, -0.1) is 0 Å². The predicted octanol–water partition coefficient (Wildman–Crippen LogP) is -5.72. The van der Waals surface area contributed by atoms with Crippen molar-refractivity contribution < 1.29 is 63.3 Å². The number of carboxylic acid groups (broad SMARTS) is 2. The minimum absolute atomic E-state index is 0.00595. The molecule has 0 rings (SSSR count). The van der Waals surface area contributed by atoms with Crippen LogP contribution >= 0.6 is 12.6 Å². The van der Waals surface area contributed by atoms with Crippen LogP contribution in [0.25, 0.3) is 0 Å². The molecule has 56 heavy (non-hydrogen) atoms. The minimum atomic E-state index is -1.89. The van der Waals surface area contributed by atoms with Crippen LogP contribution in [0.1, 0.15) is 66.2 Å². The number of carbonyl (C=O) groups is 10. The maximum absolute atomic E-state index is 13.4. The number of nitrogens with two attached hydrogens (primary N) is 3. The van der Waals surface area contributed by atoms with E-state index in [1.165, 1.54) is 13.8 Å². The summed E-state index contributed by atoms with van der Waals surface area (Å²) in [6, 6.07) is -10.1. The monoisotopic (exact) mass is 820 g/mol. The highest BCUT2D eigenvalue weighted by Crippen LogP contribution is 2.08. The molecule has 0 heterocycles. The van der Waals surface area contributed by atoms with Crippen LogP contribution in [0.5, 0.6) is 0 Å². The Morgan fingerprint density at radius 1 is 0.661 bits per heavy atom. The van der Waals surface area contributed by atoms with Gasteiger partial charge >= 0.3 is 11.9 Å². The van der Waals surface area contributed by atoms with E-state index in [0.717, 1.165) is 13.8 Å². The van der Waals surface area contributed by atoms with E-state index in [0.29, 0.717) is 19.4 Å². The zero-order chi connectivity index (χ0) is 43.3. The lowest BCUT2D eigenvalue weighted by Gasteiger charge is -2.28. The Kier molecular flexibility index (Phi) is 23.6. The Bertz CT molecular complexity index is 1420. The summed E-state index contributed by atoms with van der Waals surface area (Å²) in [5.74, 6) is -11.4. The molecule has 0 saturated carbocycles. The van der Waals surface area contributed by atoms with Gasteiger partial charge in [-0.2, -0.15) is 12.6 Å². The van der Waals surface area contributed by atoms with Crippen LogP contribution in [0.3, 0.4) is 0 Å². The van der Waals surface area contributed by atoms with E-state index in [1.807, 2.05) is 0 Å². The van der Waals surface area contributed by atoms with Crippen LogP contribution in [-0.2, 0) is 47.9 Å². The van der Waals surface area contributed by atoms with Gasteiger partial charge in [0.05, 0.1) is 25.1 Å². The number of hydrogen-bond acceptors (Lipinski definition) is 14. The number of nitrogens with one attached hydrogen (secondary N) is 7. The predicted molar refractivity (Wildman–Crippen MR) is 200 cm³/mol. The molecule has 318 valence electrons. The van der Waals surface area contributed by atoms with Crippen LogP contribution in [0.4, 0.5) is 0 Å². The first kappa shape index (κ1) is 50.9. The average Bonchev–Trinajstić information content (AvgIpc) is 3.11. The Hall–Kier alpha value is -5.07. The molecule has 0 saturated heterocycles. The van der Waals surface area contributed by atoms with E-state index in [9.17, 15) is 58.2 Å². The quantitative estimate of drug-likeness (QED) is 0.0271. The fourth-order valence-corrected chi connectivity index (χ4v) is 4.84. The van der Waals surface area contributed by atoms with Gasteiger partial charge in [-0.25, -0.2) is 0 Å². The molecular formula is C32H56N10O13S. The Labute approximate surface area is 328 Å². The van der Waals surface area contributed by atoms with Crippen LogP contribution < -0.4 is 54.4 Å². The Morgan fingerprint density at radius 2 is 1.20 bits per heavy atom. The molecule has 0 aromatic carbocycles. The molecule has 0 aromatic rings. The van der Waals surface area contributed by atoms with Gasteiger partial charge in [0, 0.05) is 12.2 Å². The number of rotatable bonds is 27. The maximum Gasteiger partial charge on any atom is 0.325 e. The van der Waals surface area contributed by atoms with Crippen molar-refractivity contribution in [2.75, 3.05) is 18.8 Å². The van der Waals surface area contributed by atoms with Crippen molar-refractivity contribution in [3.05, 3.63) is 0 Å². The van der Waals surface area contributed by atoms with Crippen molar-refractivity contribution in [3.63, 3.8) is 0 Å². The number of primary amides is 1. The maximum atomic E-state index is 13.4. The number of aliphatic hydroxyl groups excluding tert-OH is 1. The number of amides is 8. The van der Waals surface area contributed by atoms with Gasteiger partial charge in [0.25, 0.3) is 0 Å². The van der Waals surface area contributed by atoms with Gasteiger partial charge in [-0.3, -0.25) is 47.9 Å². The lowest BCUT2D eigenvalue weighted by atomic mass is 10.0. The first-order valence-electron chi connectivity index (χ1n) is 17.6. The molecule has 0 fully saturated rings. The lowest BCUT2D eigenvalue weighted by Crippen LogP contribution is -2.61. The molecule has 0 aliphatic carbocycles. The van der Waals surface area contributed by atoms with Crippen LogP contribution in [0.2, 0.25) is 0 Å². The molecule has 0 radical (unpaired) electrons. The smallest absolute Gasteiger partial charge is 0.325 e. The molecule has 16 N–H and O–H groups in total. The SMILES string of the molecule is CC(C)[C@H](NC(=O)[C@H](CC(=O)O)NC(=O)[C@@H](NC(=O)CNC(=O)[C@H](CCCCN)NC(=O)[C@@H](N)CS)[C@@H](C)O)C(=O)N[C@@H](CCC(N)=O)C(=O)N[C@@H](C)C(=O)O. The second-order valence-electron chi connectivity index (χ2n) is 13.2. The van der Waals surface area contributed by atoms with Crippen LogP contribution in [0.15, 0.2) is 0 Å². The minimum Gasteiger partial charge on any atom is -0.481 e. The summed E-state index contributed by atoms with van der Waals surface area (Å²) in [5.41, 5.74) is 16.3. The molecule has 24 heteroatoms. The highest BCUT2D eigenvalue weighted by Gasteiger charge is 2.35. The molecule has 0 unspecified atom stereocenters. The van der Waals surface area contributed by atoms with E-state index in [-0.39, 0.29) is 18.6 Å². The van der Waals surface area contributed by atoms with Crippen molar-refractivity contribution >= 4 is 71.8 Å². The van der Waals surface area contributed by atoms with E-state index in [4.69, 9.17) is 22.3 Å². The molecule has 0 spiro atoms. The Morgan fingerprint density at radius 3 is 1.70 bits per heavy atom. The molecule has 8 amide bonds. The van der Waals surface area contributed by atoms with Gasteiger partial charge in [-0.05, 0) is 52.0 Å². The number of aliphatic carboxylic acids is 2. The fourth-order valence-electron chi connectivity index (χ4n) is 4.67. The third-order valence-corrected chi connectivity index (χ3v) is 8.31. The molecular weight excluding hydrogens is 764 g/mol. The van der Waals surface area contributed by atoms with Gasteiger partial charge in [0.2, 0.25) is 47.3 Å². The highest BCUT2D eigenvalue weighted by molar-refractivity contribution is 7.80. The zero-order valence-electron chi connectivity index (χ0n) is 31.7. The first-order chi connectivity index (χ1) is 26.0. The molecule has 23 nitrogen and oxygen atoms in total. The number of thiol groups is 1. The summed E-state index contributed by atoms with van der Waals surface area (Å²) >= 11 is 3.95. The molecule has 0 aromatic heterocycles. The van der Waals surface area contributed by atoms with Gasteiger partial charge in [0.15, 0.2) is 0 Å². The largest absolute Gasteiger partial charge is 0.481 e. The number of unbranched alkanes of at least 4 members (excludes halogenated alkanes) is 1. The number of aliphatic hydroxyl groups is 1. The Balaban J connectivity index is 5.92. The van der Waals surface area contributed by atoms with Gasteiger partial charge in [-0.1, -0.05) is 13.8 Å². The second kappa shape index (κ2) is 25.9. The average molecular weight is 821 g/mol. The van der Waals surface area contributed by atoms with Gasteiger partial charge in [0.1, 0.15) is 36.3 Å². The van der Waals surface area contributed by atoms with E-state index >= 15 is 0 Å². The van der Waals surface area contributed by atoms with Crippen molar-refractivity contribution in [1.82, 2.24) is 37.2 Å². The fraction of sp³-hybridized carbons (Fsp3) is 0.688. The third-order valence-electron chi connectivity index (χ3n) is 7.92. The number of carboxylic acids is 2. The van der Waals surface area contributed by atoms with Crippen molar-refractivity contribution in [2.24, 2.45) is 23.1 Å². The number of hydrogen-bond donors (Lipinski definition) is 14. The summed E-state index contributed by atoms with van der Waals surface area (Å²) in [6.07, 6.45) is -2.28. The molecule has 8 atom stereocenters.